The van der Waals surface area contributed by atoms with Crippen LogP contribution in [0.3, 0.4) is 0 Å². The lowest BCUT2D eigenvalue weighted by atomic mass is 9.96. The molecule has 0 saturated carbocycles. The first-order valence-electron chi connectivity index (χ1n) is 13.5. The molecule has 0 aliphatic carbocycles. The van der Waals surface area contributed by atoms with Gasteiger partial charge in [-0.15, -0.1) is 0 Å². The Morgan fingerprint density at radius 3 is 2.03 bits per heavy atom. The topological polar surface area (TPSA) is 97.0 Å². The Bertz CT molecular complexity index is 1140. The Labute approximate surface area is 233 Å². The lowest BCUT2D eigenvalue weighted by molar-refractivity contribution is -0.143. The van der Waals surface area contributed by atoms with Crippen LogP contribution < -0.4 is 15.4 Å². The lowest BCUT2D eigenvalue weighted by Gasteiger charge is -2.37. The number of hydrogen-bond donors (Lipinski definition) is 2. The maximum Gasteiger partial charge on any atom is 0.408 e. The Hall–Kier alpha value is -3.55. The molecule has 0 aliphatic rings. The standard InChI is InChI=1S/C31H45N3O5/c1-19(2)17-26(33-30(37)39-31(7,8)9)29(36)34(20(3)4)27(23-12-11-21(5)22(6)18-23)28(35)32-24-13-15-25(38-10)16-14-24/h11-16,18-20,26-27H,17H2,1-10H3,(H,32,35)(H,33,37). The van der Waals surface area contributed by atoms with Gasteiger partial charge in [-0.3, -0.25) is 9.59 Å². The number of ether oxygens (including phenoxy) is 2. The summed E-state index contributed by atoms with van der Waals surface area (Å²) in [4.78, 5) is 42.4. The number of rotatable bonds is 10. The van der Waals surface area contributed by atoms with E-state index >= 15 is 0 Å². The molecule has 0 saturated heterocycles. The second-order valence-corrected chi connectivity index (χ2v) is 11.6. The first-order valence-corrected chi connectivity index (χ1v) is 13.5. The molecule has 2 atom stereocenters. The summed E-state index contributed by atoms with van der Waals surface area (Å²) in [7, 11) is 1.58. The SMILES string of the molecule is COc1ccc(NC(=O)C(c2ccc(C)c(C)c2)N(C(=O)C(CC(C)C)NC(=O)OC(C)(C)C)C(C)C)cc1. The smallest absolute Gasteiger partial charge is 0.408 e. The number of nitrogens with zero attached hydrogens (tertiary/aromatic N) is 1. The minimum Gasteiger partial charge on any atom is -0.497 e. The van der Waals surface area contributed by atoms with E-state index in [4.69, 9.17) is 9.47 Å². The van der Waals surface area contributed by atoms with E-state index in [9.17, 15) is 14.4 Å². The maximum absolute atomic E-state index is 14.2. The quantitative estimate of drug-likeness (QED) is 0.376. The van der Waals surface area contributed by atoms with Crippen molar-refractivity contribution in [2.45, 2.75) is 92.5 Å². The van der Waals surface area contributed by atoms with Crippen LogP contribution >= 0.6 is 0 Å². The largest absolute Gasteiger partial charge is 0.497 e. The summed E-state index contributed by atoms with van der Waals surface area (Å²) >= 11 is 0. The van der Waals surface area contributed by atoms with Gasteiger partial charge in [0, 0.05) is 11.7 Å². The average molecular weight is 540 g/mol. The number of anilines is 1. The van der Waals surface area contributed by atoms with Crippen LogP contribution in [0.4, 0.5) is 10.5 Å². The summed E-state index contributed by atoms with van der Waals surface area (Å²) in [6.45, 7) is 17.0. The molecule has 214 valence electrons. The summed E-state index contributed by atoms with van der Waals surface area (Å²) in [5, 5.41) is 5.74. The van der Waals surface area contributed by atoms with E-state index in [0.717, 1.165) is 11.1 Å². The van der Waals surface area contributed by atoms with Crippen molar-refractivity contribution < 1.29 is 23.9 Å². The van der Waals surface area contributed by atoms with Crippen LogP contribution in [0.5, 0.6) is 5.75 Å². The van der Waals surface area contributed by atoms with Gasteiger partial charge in [0.05, 0.1) is 7.11 Å². The van der Waals surface area contributed by atoms with Gasteiger partial charge >= 0.3 is 6.09 Å². The summed E-state index contributed by atoms with van der Waals surface area (Å²) in [6.07, 6.45) is -0.281. The number of amides is 3. The van der Waals surface area contributed by atoms with Crippen molar-refractivity contribution in [2.75, 3.05) is 12.4 Å². The molecule has 2 unspecified atom stereocenters. The van der Waals surface area contributed by atoms with Crippen molar-refractivity contribution in [3.05, 3.63) is 59.2 Å². The number of methoxy groups -OCH3 is 1. The van der Waals surface area contributed by atoms with Gasteiger partial charge in [-0.05, 0) is 102 Å². The number of benzene rings is 2. The van der Waals surface area contributed by atoms with Gasteiger partial charge < -0.3 is 25.0 Å². The number of carbonyl (C=O) groups excluding carboxylic acids is 3. The molecule has 2 rings (SSSR count). The van der Waals surface area contributed by atoms with Gasteiger partial charge in [0.15, 0.2) is 0 Å². The average Bonchev–Trinajstić information content (AvgIpc) is 2.82. The molecule has 0 radical (unpaired) electrons. The van der Waals surface area contributed by atoms with E-state index in [0.29, 0.717) is 23.4 Å². The molecule has 39 heavy (non-hydrogen) atoms. The predicted molar refractivity (Wildman–Crippen MR) is 155 cm³/mol. The first kappa shape index (κ1) is 31.7. The van der Waals surface area contributed by atoms with Crippen molar-refractivity contribution in [1.29, 1.82) is 0 Å². The molecule has 0 fully saturated rings. The van der Waals surface area contributed by atoms with Crippen molar-refractivity contribution in [3.63, 3.8) is 0 Å². The molecule has 8 nitrogen and oxygen atoms in total. The van der Waals surface area contributed by atoms with Crippen molar-refractivity contribution in [2.24, 2.45) is 5.92 Å². The molecule has 0 bridgehead atoms. The molecular weight excluding hydrogens is 494 g/mol. The second kappa shape index (κ2) is 13.5. The number of aryl methyl sites for hydroxylation is 2. The Balaban J connectivity index is 2.54. The van der Waals surface area contributed by atoms with Crippen molar-refractivity contribution >= 4 is 23.6 Å². The normalized spacial score (nSPS) is 13.0. The van der Waals surface area contributed by atoms with Crippen molar-refractivity contribution in [1.82, 2.24) is 10.2 Å². The van der Waals surface area contributed by atoms with E-state index < -0.39 is 23.8 Å². The highest BCUT2D eigenvalue weighted by molar-refractivity contribution is 5.99. The third-order valence-electron chi connectivity index (χ3n) is 6.24. The monoisotopic (exact) mass is 539 g/mol. The van der Waals surface area contributed by atoms with Crippen LogP contribution in [-0.2, 0) is 14.3 Å². The Kier molecular flexibility index (Phi) is 11.0. The Morgan fingerprint density at radius 2 is 1.54 bits per heavy atom. The molecule has 8 heteroatoms. The van der Waals surface area contributed by atoms with Gasteiger partial charge in [-0.1, -0.05) is 32.0 Å². The summed E-state index contributed by atoms with van der Waals surface area (Å²) in [6, 6.07) is 10.6. The third-order valence-corrected chi connectivity index (χ3v) is 6.24. The van der Waals surface area contributed by atoms with Gasteiger partial charge in [0.25, 0.3) is 5.91 Å². The fourth-order valence-corrected chi connectivity index (χ4v) is 4.26. The molecule has 0 aromatic heterocycles. The summed E-state index contributed by atoms with van der Waals surface area (Å²) in [5.41, 5.74) is 2.65. The maximum atomic E-state index is 14.2. The minimum atomic E-state index is -0.936. The van der Waals surface area contributed by atoms with E-state index in [-0.39, 0.29) is 23.8 Å². The minimum absolute atomic E-state index is 0.107. The lowest BCUT2D eigenvalue weighted by Crippen LogP contribution is -2.54. The second-order valence-electron chi connectivity index (χ2n) is 11.6. The molecule has 2 N–H and O–H groups in total. The van der Waals surface area contributed by atoms with Crippen LogP contribution in [0.2, 0.25) is 0 Å². The predicted octanol–water partition coefficient (Wildman–Crippen LogP) is 6.17. The van der Waals surface area contributed by atoms with E-state index in [1.54, 1.807) is 57.0 Å². The zero-order chi connectivity index (χ0) is 29.5. The number of nitrogens with one attached hydrogen (secondary N) is 2. The molecule has 2 aromatic carbocycles. The molecule has 0 aliphatic heterocycles. The molecule has 3 amide bonds. The fraction of sp³-hybridized carbons (Fsp3) is 0.516. The van der Waals surface area contributed by atoms with E-state index in [1.165, 1.54) is 0 Å². The van der Waals surface area contributed by atoms with Crippen molar-refractivity contribution in [3.8, 4) is 5.75 Å². The van der Waals surface area contributed by atoms with E-state index in [2.05, 4.69) is 10.6 Å². The Morgan fingerprint density at radius 1 is 0.923 bits per heavy atom. The highest BCUT2D eigenvalue weighted by atomic mass is 16.6. The number of hydrogen-bond acceptors (Lipinski definition) is 5. The summed E-state index contributed by atoms with van der Waals surface area (Å²) in [5.74, 6) is 0.0715. The van der Waals surface area contributed by atoms with E-state index in [1.807, 2.05) is 59.7 Å². The van der Waals surface area contributed by atoms with Gasteiger partial charge in [0.2, 0.25) is 5.91 Å². The highest BCUT2D eigenvalue weighted by Gasteiger charge is 2.38. The third kappa shape index (κ3) is 9.30. The zero-order valence-corrected chi connectivity index (χ0v) is 25.0. The number of carbonyl (C=O) groups is 3. The highest BCUT2D eigenvalue weighted by Crippen LogP contribution is 2.29. The van der Waals surface area contributed by atoms with Crippen LogP contribution in [0.1, 0.15) is 77.6 Å². The molecule has 0 spiro atoms. The van der Waals surface area contributed by atoms with Crippen LogP contribution in [0.15, 0.2) is 42.5 Å². The number of alkyl carbamates (subject to hydrolysis) is 1. The zero-order valence-electron chi connectivity index (χ0n) is 25.0. The van der Waals surface area contributed by atoms with Crippen LogP contribution in [0.25, 0.3) is 0 Å². The van der Waals surface area contributed by atoms with Gasteiger partial charge in [0.1, 0.15) is 23.4 Å². The van der Waals surface area contributed by atoms with Gasteiger partial charge in [-0.2, -0.15) is 0 Å². The first-order chi connectivity index (χ1) is 18.1. The molecule has 2 aromatic rings. The fourth-order valence-electron chi connectivity index (χ4n) is 4.26. The summed E-state index contributed by atoms with van der Waals surface area (Å²) < 4.78 is 10.7. The van der Waals surface area contributed by atoms with Gasteiger partial charge in [-0.25, -0.2) is 4.79 Å². The molecular formula is C31H45N3O5. The van der Waals surface area contributed by atoms with Crippen LogP contribution in [-0.4, -0.2) is 47.6 Å². The molecule has 0 heterocycles. The van der Waals surface area contributed by atoms with Crippen LogP contribution in [0, 0.1) is 19.8 Å².